The molecule has 5 rings (SSSR count). The fraction of sp³-hybridized carbons (Fsp3) is 0. The Kier molecular flexibility index (Phi) is 10.5. The van der Waals surface area contributed by atoms with Gasteiger partial charge in [-0.3, -0.25) is 4.98 Å². The molecule has 0 aliphatic heterocycles. The first-order valence-electron chi connectivity index (χ1n) is 10.7. The van der Waals surface area contributed by atoms with Crippen molar-refractivity contribution >= 4 is 76.4 Å². The fourth-order valence-electron chi connectivity index (χ4n) is 3.92. The molecule has 0 saturated heterocycles. The third-order valence-electron chi connectivity index (χ3n) is 5.48. The van der Waals surface area contributed by atoms with E-state index in [2.05, 4.69) is 30.5 Å². The van der Waals surface area contributed by atoms with E-state index in [1.807, 2.05) is 0 Å². The molecule has 0 radical (unpaired) electrons. The SMILES string of the molecule is O=c1nc(Nc2ccc(N=Nc3cc(S(=O)(=O)[O-])c4cccc(S(=O)(=O)[O-])c4c3)c3ccccc23)nc(Cl)[nH]1.[Na+].[Na+]. The molecule has 198 valence electrons. The van der Waals surface area contributed by atoms with E-state index in [9.17, 15) is 30.7 Å². The average molecular weight is 631 g/mol. The number of nitrogens with one attached hydrogen (secondary N) is 2. The van der Waals surface area contributed by atoms with Crippen LogP contribution < -0.4 is 70.1 Å². The van der Waals surface area contributed by atoms with Crippen molar-refractivity contribution in [1.82, 2.24) is 15.0 Å². The van der Waals surface area contributed by atoms with Crippen LogP contribution in [0.15, 0.2) is 91.5 Å². The second kappa shape index (κ2) is 12.9. The maximum absolute atomic E-state index is 11.9. The molecule has 0 aliphatic rings. The van der Waals surface area contributed by atoms with Crippen molar-refractivity contribution in [3.8, 4) is 0 Å². The predicted molar refractivity (Wildman–Crippen MR) is 139 cm³/mol. The zero-order valence-electron chi connectivity index (χ0n) is 21.2. The molecule has 2 N–H and O–H groups in total. The minimum absolute atomic E-state index is 0. The van der Waals surface area contributed by atoms with Gasteiger partial charge < -0.3 is 14.4 Å². The summed E-state index contributed by atoms with van der Waals surface area (Å²) < 4.78 is 71.1. The standard InChI is InChI=1S/C23H15ClN6O7S2.2Na/c24-21-26-22(28-23(31)27-21)25-17-8-9-18(14-5-2-1-4-13(14)17)30-29-12-10-16-15(20(11-12)39(35,36)37)6-3-7-19(16)38(32,33)34;;/h1-11H,(H,32,33,34)(H,35,36,37)(H2,25,26,27,28,31);;/q;2*+1/p-2. The second-order valence-corrected chi connectivity index (χ2v) is 11.0. The minimum atomic E-state index is -5.08. The van der Waals surface area contributed by atoms with Gasteiger partial charge in [0, 0.05) is 27.2 Å². The van der Waals surface area contributed by atoms with Gasteiger partial charge in [-0.25, -0.2) is 21.6 Å². The number of halogens is 1. The van der Waals surface area contributed by atoms with Gasteiger partial charge in [-0.05, 0) is 41.9 Å². The first-order chi connectivity index (χ1) is 18.4. The molecule has 1 aromatic heterocycles. The van der Waals surface area contributed by atoms with Gasteiger partial charge >= 0.3 is 64.8 Å². The van der Waals surface area contributed by atoms with Crippen LogP contribution in [0.4, 0.5) is 23.0 Å². The average Bonchev–Trinajstić information content (AvgIpc) is 2.85. The van der Waals surface area contributed by atoms with Crippen molar-refractivity contribution in [2.45, 2.75) is 9.79 Å². The Hall–Kier alpha value is -2.28. The Morgan fingerprint density at radius 2 is 1.41 bits per heavy atom. The van der Waals surface area contributed by atoms with Gasteiger partial charge in [0.25, 0.3) is 0 Å². The number of fused-ring (bicyclic) bond motifs is 2. The molecule has 5 aromatic rings. The second-order valence-electron chi connectivity index (χ2n) is 7.97. The summed E-state index contributed by atoms with van der Waals surface area (Å²) in [5.74, 6) is -0.0464. The molecule has 18 heteroatoms. The maximum Gasteiger partial charge on any atom is 1.00 e. The summed E-state index contributed by atoms with van der Waals surface area (Å²) in [6.07, 6.45) is 0. The van der Waals surface area contributed by atoms with E-state index in [0.29, 0.717) is 22.1 Å². The molecule has 4 aromatic carbocycles. The molecule has 1 heterocycles. The van der Waals surface area contributed by atoms with E-state index in [1.165, 1.54) is 6.07 Å². The van der Waals surface area contributed by atoms with Crippen LogP contribution in [0, 0.1) is 0 Å². The van der Waals surface area contributed by atoms with Crippen LogP contribution in [-0.2, 0) is 20.2 Å². The Labute approximate surface area is 281 Å². The summed E-state index contributed by atoms with van der Waals surface area (Å²) in [6.45, 7) is 0. The number of nitrogens with zero attached hydrogens (tertiary/aromatic N) is 4. The van der Waals surface area contributed by atoms with Crippen molar-refractivity contribution in [2.24, 2.45) is 10.2 Å². The minimum Gasteiger partial charge on any atom is -0.744 e. The van der Waals surface area contributed by atoms with Gasteiger partial charge in [0.05, 0.1) is 21.2 Å². The van der Waals surface area contributed by atoms with Crippen molar-refractivity contribution in [3.63, 3.8) is 0 Å². The number of anilines is 2. The first kappa shape index (κ1) is 33.2. The number of aromatic amines is 1. The van der Waals surface area contributed by atoms with Crippen molar-refractivity contribution in [1.29, 1.82) is 0 Å². The van der Waals surface area contributed by atoms with Gasteiger partial charge in [-0.1, -0.05) is 36.4 Å². The molecule has 0 amide bonds. The maximum atomic E-state index is 11.9. The normalized spacial score (nSPS) is 11.8. The Bertz CT molecular complexity index is 2110. The third kappa shape index (κ3) is 7.39. The zero-order valence-corrected chi connectivity index (χ0v) is 27.6. The number of hydrogen-bond acceptors (Lipinski definition) is 12. The molecule has 0 saturated carbocycles. The van der Waals surface area contributed by atoms with E-state index in [1.54, 1.807) is 36.4 Å². The molecule has 0 spiro atoms. The van der Waals surface area contributed by atoms with Gasteiger partial charge in [-0.15, -0.1) is 5.11 Å². The van der Waals surface area contributed by atoms with E-state index < -0.39 is 35.7 Å². The topological polar surface area (TPSA) is 210 Å². The fourth-order valence-corrected chi connectivity index (χ4v) is 5.47. The monoisotopic (exact) mass is 630 g/mol. The van der Waals surface area contributed by atoms with Crippen molar-refractivity contribution in [3.05, 3.63) is 82.5 Å². The quantitative estimate of drug-likeness (QED) is 0.121. The number of aromatic nitrogens is 3. The summed E-state index contributed by atoms with van der Waals surface area (Å²) in [6, 6.07) is 15.6. The van der Waals surface area contributed by atoms with Crippen LogP contribution in [-0.4, -0.2) is 40.9 Å². The molecule has 0 atom stereocenters. The first-order valence-corrected chi connectivity index (χ1v) is 13.9. The molecular formula is C23H13ClN6Na2O7S2. The summed E-state index contributed by atoms with van der Waals surface area (Å²) >= 11 is 5.79. The summed E-state index contributed by atoms with van der Waals surface area (Å²) in [5.41, 5.74) is -0.0554. The number of H-pyrrole nitrogens is 1. The molecule has 0 fully saturated rings. The summed E-state index contributed by atoms with van der Waals surface area (Å²) in [7, 11) is -10.1. The predicted octanol–water partition coefficient (Wildman–Crippen LogP) is -1.90. The van der Waals surface area contributed by atoms with Crippen LogP contribution in [0.2, 0.25) is 5.28 Å². The van der Waals surface area contributed by atoms with Crippen LogP contribution in [0.5, 0.6) is 0 Å². The van der Waals surface area contributed by atoms with Crippen LogP contribution in [0.25, 0.3) is 21.5 Å². The molecule has 0 bridgehead atoms. The zero-order chi connectivity index (χ0) is 27.9. The van der Waals surface area contributed by atoms with Gasteiger partial charge in [-0.2, -0.15) is 15.1 Å². The van der Waals surface area contributed by atoms with E-state index >= 15 is 0 Å². The van der Waals surface area contributed by atoms with Crippen molar-refractivity contribution in [2.75, 3.05) is 5.32 Å². The Morgan fingerprint density at radius 3 is 2.07 bits per heavy atom. The van der Waals surface area contributed by atoms with E-state index in [0.717, 1.165) is 24.3 Å². The van der Waals surface area contributed by atoms with Crippen LogP contribution in [0.1, 0.15) is 0 Å². The van der Waals surface area contributed by atoms with Crippen LogP contribution >= 0.6 is 11.6 Å². The summed E-state index contributed by atoms with van der Waals surface area (Å²) in [4.78, 5) is 20.0. The molecule has 0 aliphatic carbocycles. The van der Waals surface area contributed by atoms with E-state index in [4.69, 9.17) is 11.6 Å². The molecule has 13 nitrogen and oxygen atoms in total. The third-order valence-corrected chi connectivity index (χ3v) is 7.43. The van der Waals surface area contributed by atoms with Crippen LogP contribution in [0.3, 0.4) is 0 Å². The molecular weight excluding hydrogens is 618 g/mol. The Balaban J connectivity index is 0.00000231. The smallest absolute Gasteiger partial charge is 0.744 e. The van der Waals surface area contributed by atoms with Crippen molar-refractivity contribution < 1.29 is 85.1 Å². The van der Waals surface area contributed by atoms with Gasteiger partial charge in [0.15, 0.2) is 0 Å². The van der Waals surface area contributed by atoms with Gasteiger partial charge in [0.2, 0.25) is 11.2 Å². The largest absolute Gasteiger partial charge is 1.00 e. The number of benzene rings is 4. The van der Waals surface area contributed by atoms with Gasteiger partial charge in [0.1, 0.15) is 20.2 Å². The Morgan fingerprint density at radius 1 is 0.756 bits per heavy atom. The summed E-state index contributed by atoms with van der Waals surface area (Å²) in [5, 5.41) is 11.6. The van der Waals surface area contributed by atoms with E-state index in [-0.39, 0.29) is 86.8 Å². The molecule has 0 unspecified atom stereocenters. The molecule has 41 heavy (non-hydrogen) atoms. The number of azo groups is 1. The number of rotatable bonds is 6. The number of hydrogen-bond donors (Lipinski definition) is 2.